The molecule has 0 bridgehead atoms. The largest absolute Gasteiger partial charge is 0.381 e. The molecule has 3 aromatic rings. The molecule has 0 fully saturated rings. The van der Waals surface area contributed by atoms with Crippen LogP contribution in [-0.4, -0.2) is 11.2 Å². The Morgan fingerprint density at radius 1 is 1.29 bits per heavy atom. The lowest BCUT2D eigenvalue weighted by atomic mass is 10.2. The molecule has 1 heterocycles. The van der Waals surface area contributed by atoms with Gasteiger partial charge in [0.1, 0.15) is 0 Å². The van der Waals surface area contributed by atoms with E-state index in [1.807, 2.05) is 18.2 Å². The third kappa shape index (κ3) is 3.54. The summed E-state index contributed by atoms with van der Waals surface area (Å²) in [5.74, 6) is 0. The van der Waals surface area contributed by atoms with E-state index in [9.17, 15) is 0 Å². The minimum atomic E-state index is 0.737. The van der Waals surface area contributed by atoms with Crippen molar-refractivity contribution < 1.29 is 0 Å². The van der Waals surface area contributed by atoms with Crippen LogP contribution < -0.4 is 5.32 Å². The number of fused-ring (bicyclic) bond motifs is 1. The number of hydrogen-bond acceptors (Lipinski definition) is 4. The second kappa shape index (κ2) is 6.57. The number of rotatable bonds is 4. The van der Waals surface area contributed by atoms with E-state index in [-0.39, 0.29) is 0 Å². The highest BCUT2D eigenvalue weighted by Gasteiger charge is 2.05. The quantitative estimate of drug-likeness (QED) is 0.541. The molecule has 2 nitrogen and oxygen atoms in total. The van der Waals surface area contributed by atoms with Crippen molar-refractivity contribution in [2.75, 3.05) is 11.6 Å². The maximum atomic E-state index is 5.96. The van der Waals surface area contributed by atoms with Gasteiger partial charge in [-0.05, 0) is 42.2 Å². The number of halogens is 2. The molecule has 1 aromatic heterocycles. The van der Waals surface area contributed by atoms with Crippen LogP contribution in [-0.2, 0) is 6.54 Å². The lowest BCUT2D eigenvalue weighted by molar-refractivity contribution is 1.14. The Labute approximate surface area is 145 Å². The van der Waals surface area contributed by atoms with Crippen molar-refractivity contribution in [2.24, 2.45) is 0 Å². The van der Waals surface area contributed by atoms with E-state index in [4.69, 9.17) is 11.6 Å². The standard InChI is InChI=1S/C15H12BrClN2S2/c1-20-15-19-13-5-4-11(7-14(13)21-15)18-8-9-2-3-10(17)6-12(9)16/h2-7,18H,8H2,1H3. The van der Waals surface area contributed by atoms with Gasteiger partial charge in [0.15, 0.2) is 4.34 Å². The summed E-state index contributed by atoms with van der Waals surface area (Å²) in [6.45, 7) is 0.747. The lowest BCUT2D eigenvalue weighted by Crippen LogP contribution is -1.99. The van der Waals surface area contributed by atoms with Crippen LogP contribution in [0, 0.1) is 0 Å². The summed E-state index contributed by atoms with van der Waals surface area (Å²) in [6, 6.07) is 12.1. The molecule has 0 aliphatic rings. The Kier molecular flexibility index (Phi) is 4.74. The first-order valence-electron chi connectivity index (χ1n) is 6.28. The maximum Gasteiger partial charge on any atom is 0.150 e. The van der Waals surface area contributed by atoms with E-state index in [2.05, 4.69) is 50.7 Å². The Hall–Kier alpha value is -0.750. The Bertz CT molecular complexity index is 788. The van der Waals surface area contributed by atoms with Crippen LogP contribution in [0.3, 0.4) is 0 Å². The third-order valence-electron chi connectivity index (χ3n) is 3.04. The minimum Gasteiger partial charge on any atom is -0.381 e. The molecular weight excluding hydrogens is 388 g/mol. The van der Waals surface area contributed by atoms with Gasteiger partial charge in [0, 0.05) is 21.7 Å². The molecule has 108 valence electrons. The van der Waals surface area contributed by atoms with Gasteiger partial charge in [0.05, 0.1) is 10.2 Å². The van der Waals surface area contributed by atoms with Gasteiger partial charge in [-0.15, -0.1) is 11.3 Å². The summed E-state index contributed by atoms with van der Waals surface area (Å²) in [7, 11) is 0. The van der Waals surface area contributed by atoms with Crippen LogP contribution in [0.5, 0.6) is 0 Å². The van der Waals surface area contributed by atoms with Crippen LogP contribution in [0.4, 0.5) is 5.69 Å². The fourth-order valence-electron chi connectivity index (χ4n) is 1.96. The van der Waals surface area contributed by atoms with E-state index in [0.29, 0.717) is 0 Å². The number of thiazole rings is 1. The number of nitrogens with one attached hydrogen (secondary N) is 1. The second-order valence-electron chi connectivity index (χ2n) is 4.46. The van der Waals surface area contributed by atoms with Crippen LogP contribution >= 0.6 is 50.6 Å². The average Bonchev–Trinajstić information content (AvgIpc) is 2.88. The molecule has 0 aliphatic carbocycles. The van der Waals surface area contributed by atoms with Gasteiger partial charge < -0.3 is 5.32 Å². The fourth-order valence-corrected chi connectivity index (χ4v) is 4.31. The first-order chi connectivity index (χ1) is 10.2. The molecule has 0 radical (unpaired) electrons. The fraction of sp³-hybridized carbons (Fsp3) is 0.133. The highest BCUT2D eigenvalue weighted by molar-refractivity contribution is 9.10. The van der Waals surface area contributed by atoms with Crippen LogP contribution in [0.2, 0.25) is 5.02 Å². The molecule has 0 spiro atoms. The highest BCUT2D eigenvalue weighted by Crippen LogP contribution is 2.30. The molecule has 3 rings (SSSR count). The van der Waals surface area contributed by atoms with E-state index >= 15 is 0 Å². The number of benzene rings is 2. The van der Waals surface area contributed by atoms with Gasteiger partial charge in [0.25, 0.3) is 0 Å². The van der Waals surface area contributed by atoms with E-state index in [0.717, 1.165) is 31.6 Å². The first-order valence-corrected chi connectivity index (χ1v) is 9.49. The predicted octanol–water partition coefficient (Wildman–Crippen LogP) is 6.05. The molecule has 0 saturated carbocycles. The van der Waals surface area contributed by atoms with Gasteiger partial charge in [-0.2, -0.15) is 0 Å². The van der Waals surface area contributed by atoms with Crippen LogP contribution in [0.1, 0.15) is 5.56 Å². The van der Waals surface area contributed by atoms with Gasteiger partial charge >= 0.3 is 0 Å². The minimum absolute atomic E-state index is 0.737. The molecule has 1 N–H and O–H groups in total. The molecule has 0 amide bonds. The van der Waals surface area contributed by atoms with Gasteiger partial charge in [-0.25, -0.2) is 4.98 Å². The van der Waals surface area contributed by atoms with E-state index in [1.54, 1.807) is 23.1 Å². The zero-order chi connectivity index (χ0) is 14.8. The number of thioether (sulfide) groups is 1. The average molecular weight is 400 g/mol. The van der Waals surface area contributed by atoms with Crippen molar-refractivity contribution in [3.05, 3.63) is 51.5 Å². The molecule has 6 heteroatoms. The summed E-state index contributed by atoms with van der Waals surface area (Å²) < 4.78 is 3.33. The summed E-state index contributed by atoms with van der Waals surface area (Å²) in [5.41, 5.74) is 3.33. The first kappa shape index (κ1) is 15.2. The lowest BCUT2D eigenvalue weighted by Gasteiger charge is -2.08. The van der Waals surface area contributed by atoms with Crippen LogP contribution in [0.15, 0.2) is 45.2 Å². The Morgan fingerprint density at radius 2 is 2.14 bits per heavy atom. The number of hydrogen-bond donors (Lipinski definition) is 1. The number of aromatic nitrogens is 1. The highest BCUT2D eigenvalue weighted by atomic mass is 79.9. The summed E-state index contributed by atoms with van der Waals surface area (Å²) in [4.78, 5) is 4.55. The molecule has 0 unspecified atom stereocenters. The van der Waals surface area contributed by atoms with Crippen molar-refractivity contribution in [1.82, 2.24) is 4.98 Å². The van der Waals surface area contributed by atoms with Crippen molar-refractivity contribution in [1.29, 1.82) is 0 Å². The SMILES string of the molecule is CSc1nc2ccc(NCc3ccc(Cl)cc3Br)cc2s1. The van der Waals surface area contributed by atoms with E-state index < -0.39 is 0 Å². The number of nitrogens with zero attached hydrogens (tertiary/aromatic N) is 1. The predicted molar refractivity (Wildman–Crippen MR) is 97.9 cm³/mol. The van der Waals surface area contributed by atoms with Crippen molar-refractivity contribution in [2.45, 2.75) is 10.9 Å². The Morgan fingerprint density at radius 3 is 2.90 bits per heavy atom. The summed E-state index contributed by atoms with van der Waals surface area (Å²) in [5, 5.41) is 4.18. The molecular formula is C15H12BrClN2S2. The van der Waals surface area contributed by atoms with Gasteiger partial charge in [0.2, 0.25) is 0 Å². The topological polar surface area (TPSA) is 24.9 Å². The molecule has 2 aromatic carbocycles. The molecule has 0 saturated heterocycles. The summed E-state index contributed by atoms with van der Waals surface area (Å²) >= 11 is 12.9. The van der Waals surface area contributed by atoms with Crippen molar-refractivity contribution in [3.8, 4) is 0 Å². The zero-order valence-corrected chi connectivity index (χ0v) is 15.2. The van der Waals surface area contributed by atoms with Crippen molar-refractivity contribution >= 4 is 66.5 Å². The van der Waals surface area contributed by atoms with Crippen molar-refractivity contribution in [3.63, 3.8) is 0 Å². The second-order valence-corrected chi connectivity index (χ2v) is 7.83. The number of anilines is 1. The van der Waals surface area contributed by atoms with Gasteiger partial charge in [-0.3, -0.25) is 0 Å². The maximum absolute atomic E-state index is 5.96. The Balaban J connectivity index is 1.78. The monoisotopic (exact) mass is 398 g/mol. The zero-order valence-electron chi connectivity index (χ0n) is 11.2. The normalized spacial score (nSPS) is 11.0. The van der Waals surface area contributed by atoms with Gasteiger partial charge in [-0.1, -0.05) is 45.4 Å². The molecule has 0 aliphatic heterocycles. The smallest absolute Gasteiger partial charge is 0.150 e. The molecule has 0 atom stereocenters. The van der Waals surface area contributed by atoms with E-state index in [1.165, 1.54) is 10.3 Å². The third-order valence-corrected chi connectivity index (χ3v) is 6.02. The molecule has 21 heavy (non-hydrogen) atoms. The van der Waals surface area contributed by atoms with Crippen LogP contribution in [0.25, 0.3) is 10.2 Å². The summed E-state index contributed by atoms with van der Waals surface area (Å²) in [6.07, 6.45) is 2.05.